The molecule has 0 saturated carbocycles. The van der Waals surface area contributed by atoms with Gasteiger partial charge in [0.05, 0.1) is 6.61 Å². The van der Waals surface area contributed by atoms with Gasteiger partial charge in [0.15, 0.2) is 0 Å². The molecule has 15 heavy (non-hydrogen) atoms. The summed E-state index contributed by atoms with van der Waals surface area (Å²) in [7, 11) is 0. The van der Waals surface area contributed by atoms with Crippen molar-refractivity contribution in [2.75, 3.05) is 19.7 Å². The van der Waals surface area contributed by atoms with Gasteiger partial charge < -0.3 is 15.0 Å². The number of nitrogens with zero attached hydrogens (tertiary/aromatic N) is 1. The molecule has 88 valence electrons. The van der Waals surface area contributed by atoms with Crippen molar-refractivity contribution in [3.8, 4) is 0 Å². The monoisotopic (exact) mass is 216 g/mol. The van der Waals surface area contributed by atoms with E-state index < -0.39 is 0 Å². The van der Waals surface area contributed by atoms with Crippen molar-refractivity contribution in [3.63, 3.8) is 0 Å². The van der Waals surface area contributed by atoms with Crippen molar-refractivity contribution in [3.05, 3.63) is 0 Å². The number of hydrogen-bond donors (Lipinski definition) is 1. The van der Waals surface area contributed by atoms with Crippen LogP contribution in [0.4, 0.5) is 4.79 Å². The van der Waals surface area contributed by atoms with E-state index in [1.165, 1.54) is 4.90 Å². The van der Waals surface area contributed by atoms with Crippen molar-refractivity contribution >= 4 is 12.0 Å². The van der Waals surface area contributed by atoms with Crippen molar-refractivity contribution in [1.29, 1.82) is 0 Å². The van der Waals surface area contributed by atoms with E-state index in [-0.39, 0.29) is 24.6 Å². The number of carbonyl (C=O) groups excluding carboxylic acids is 2. The molecule has 0 bridgehead atoms. The van der Waals surface area contributed by atoms with E-state index in [9.17, 15) is 9.59 Å². The second-order valence-corrected chi connectivity index (χ2v) is 3.36. The molecule has 5 heteroatoms. The van der Waals surface area contributed by atoms with Gasteiger partial charge in [0.25, 0.3) is 0 Å². The van der Waals surface area contributed by atoms with Crippen LogP contribution >= 0.6 is 0 Å². The third kappa shape index (κ3) is 5.24. The standard InChI is InChI=1S/C10H20N2O3/c1-5-11-10(14)12(8(3)4)7-9(13)15-6-2/h8H,5-7H2,1-4H3,(H,11,14). The Morgan fingerprint density at radius 2 is 1.93 bits per heavy atom. The summed E-state index contributed by atoms with van der Waals surface area (Å²) in [5.74, 6) is -0.377. The van der Waals surface area contributed by atoms with Crippen LogP contribution in [-0.2, 0) is 9.53 Å². The van der Waals surface area contributed by atoms with Gasteiger partial charge in [-0.1, -0.05) is 0 Å². The van der Waals surface area contributed by atoms with Crippen LogP contribution in [0.3, 0.4) is 0 Å². The molecule has 0 spiro atoms. The number of amides is 2. The number of nitrogens with one attached hydrogen (secondary N) is 1. The Morgan fingerprint density at radius 1 is 1.33 bits per heavy atom. The Kier molecular flexibility index (Phi) is 6.49. The summed E-state index contributed by atoms with van der Waals surface area (Å²) >= 11 is 0. The smallest absolute Gasteiger partial charge is 0.325 e. The summed E-state index contributed by atoms with van der Waals surface area (Å²) < 4.78 is 4.79. The van der Waals surface area contributed by atoms with Crippen LogP contribution in [-0.4, -0.2) is 42.6 Å². The number of urea groups is 1. The number of esters is 1. The summed E-state index contributed by atoms with van der Waals surface area (Å²) in [5.41, 5.74) is 0. The first-order valence-electron chi connectivity index (χ1n) is 5.23. The molecule has 0 aromatic heterocycles. The minimum atomic E-state index is -0.377. The minimum absolute atomic E-state index is 0.00264. The van der Waals surface area contributed by atoms with Crippen molar-refractivity contribution in [1.82, 2.24) is 10.2 Å². The van der Waals surface area contributed by atoms with Crippen molar-refractivity contribution in [2.45, 2.75) is 33.7 Å². The molecule has 0 rings (SSSR count). The van der Waals surface area contributed by atoms with E-state index in [0.717, 1.165) is 0 Å². The van der Waals surface area contributed by atoms with Gasteiger partial charge in [-0.2, -0.15) is 0 Å². The van der Waals surface area contributed by atoms with E-state index >= 15 is 0 Å². The molecule has 0 radical (unpaired) electrons. The Labute approximate surface area is 90.8 Å². The number of rotatable bonds is 5. The highest BCUT2D eigenvalue weighted by molar-refractivity contribution is 5.81. The maximum Gasteiger partial charge on any atom is 0.325 e. The van der Waals surface area contributed by atoms with E-state index in [1.807, 2.05) is 20.8 Å². The Bertz CT molecular complexity index is 217. The highest BCUT2D eigenvalue weighted by Gasteiger charge is 2.19. The van der Waals surface area contributed by atoms with Crippen LogP contribution in [0.5, 0.6) is 0 Å². The predicted molar refractivity (Wildman–Crippen MR) is 57.5 cm³/mol. The normalized spacial score (nSPS) is 9.93. The van der Waals surface area contributed by atoms with Gasteiger partial charge in [-0.3, -0.25) is 4.79 Å². The Morgan fingerprint density at radius 3 is 2.33 bits per heavy atom. The summed E-state index contributed by atoms with van der Waals surface area (Å²) in [6, 6.07) is -0.262. The third-order valence-electron chi connectivity index (χ3n) is 1.82. The molecule has 0 fully saturated rings. The number of ether oxygens (including phenoxy) is 1. The molecular weight excluding hydrogens is 196 g/mol. The maximum atomic E-state index is 11.5. The second kappa shape index (κ2) is 7.09. The molecular formula is C10H20N2O3. The van der Waals surface area contributed by atoms with Crippen LogP contribution in [0.1, 0.15) is 27.7 Å². The zero-order valence-electron chi connectivity index (χ0n) is 9.87. The minimum Gasteiger partial charge on any atom is -0.465 e. The highest BCUT2D eigenvalue weighted by Crippen LogP contribution is 1.99. The van der Waals surface area contributed by atoms with Gasteiger partial charge in [-0.05, 0) is 27.7 Å². The molecule has 0 aromatic rings. The van der Waals surface area contributed by atoms with Crippen LogP contribution < -0.4 is 5.32 Å². The molecule has 0 saturated heterocycles. The lowest BCUT2D eigenvalue weighted by molar-refractivity contribution is -0.144. The molecule has 5 nitrogen and oxygen atoms in total. The SMILES string of the molecule is CCNC(=O)N(CC(=O)OCC)C(C)C. The molecule has 1 N–H and O–H groups in total. The topological polar surface area (TPSA) is 58.6 Å². The average molecular weight is 216 g/mol. The van der Waals surface area contributed by atoms with Crippen LogP contribution in [0.25, 0.3) is 0 Å². The van der Waals surface area contributed by atoms with E-state index in [2.05, 4.69) is 5.32 Å². The first-order valence-corrected chi connectivity index (χ1v) is 5.23. The molecule has 2 amide bonds. The van der Waals surface area contributed by atoms with Gasteiger partial charge >= 0.3 is 12.0 Å². The predicted octanol–water partition coefficient (Wildman–Crippen LogP) is 0.989. The fourth-order valence-corrected chi connectivity index (χ4v) is 1.09. The molecule has 0 unspecified atom stereocenters. The lowest BCUT2D eigenvalue weighted by Gasteiger charge is -2.25. The second-order valence-electron chi connectivity index (χ2n) is 3.36. The summed E-state index contributed by atoms with van der Waals surface area (Å²) in [6.07, 6.45) is 0. The van der Waals surface area contributed by atoms with Crippen LogP contribution in [0, 0.1) is 0 Å². The van der Waals surface area contributed by atoms with Gasteiger partial charge in [0, 0.05) is 12.6 Å². The fraction of sp³-hybridized carbons (Fsp3) is 0.800. The third-order valence-corrected chi connectivity index (χ3v) is 1.82. The lowest BCUT2D eigenvalue weighted by Crippen LogP contribution is -2.46. The number of hydrogen-bond acceptors (Lipinski definition) is 3. The first-order chi connectivity index (χ1) is 7.02. The van der Waals surface area contributed by atoms with E-state index in [0.29, 0.717) is 13.2 Å². The quantitative estimate of drug-likeness (QED) is 0.697. The highest BCUT2D eigenvalue weighted by atomic mass is 16.5. The largest absolute Gasteiger partial charge is 0.465 e. The van der Waals surface area contributed by atoms with Crippen LogP contribution in [0.15, 0.2) is 0 Å². The van der Waals surface area contributed by atoms with E-state index in [4.69, 9.17) is 4.74 Å². The first kappa shape index (κ1) is 13.7. The molecule has 0 aliphatic heterocycles. The van der Waals surface area contributed by atoms with Crippen molar-refractivity contribution in [2.24, 2.45) is 0 Å². The molecule has 0 atom stereocenters. The summed E-state index contributed by atoms with van der Waals surface area (Å²) in [6.45, 7) is 8.16. The summed E-state index contributed by atoms with van der Waals surface area (Å²) in [4.78, 5) is 24.2. The molecule has 0 aliphatic rings. The van der Waals surface area contributed by atoms with Gasteiger partial charge in [-0.25, -0.2) is 4.79 Å². The Balaban J connectivity index is 4.27. The van der Waals surface area contributed by atoms with Gasteiger partial charge in [0.1, 0.15) is 6.54 Å². The van der Waals surface area contributed by atoms with Crippen molar-refractivity contribution < 1.29 is 14.3 Å². The maximum absolute atomic E-state index is 11.5. The fourth-order valence-electron chi connectivity index (χ4n) is 1.09. The van der Waals surface area contributed by atoms with E-state index in [1.54, 1.807) is 6.92 Å². The molecule has 0 aromatic carbocycles. The lowest BCUT2D eigenvalue weighted by atomic mass is 10.3. The zero-order valence-corrected chi connectivity index (χ0v) is 9.87. The number of carbonyl (C=O) groups is 2. The Hall–Kier alpha value is -1.26. The zero-order chi connectivity index (χ0) is 11.8. The van der Waals surface area contributed by atoms with Crippen LogP contribution in [0.2, 0.25) is 0 Å². The van der Waals surface area contributed by atoms with Gasteiger partial charge in [0.2, 0.25) is 0 Å². The molecule has 0 aliphatic carbocycles. The average Bonchev–Trinajstić information content (AvgIpc) is 2.14. The molecule has 0 heterocycles. The summed E-state index contributed by atoms with van der Waals surface area (Å²) in [5, 5.41) is 2.65. The van der Waals surface area contributed by atoms with Gasteiger partial charge in [-0.15, -0.1) is 0 Å².